The number of hydrogen-bond donors (Lipinski definition) is 6. The van der Waals surface area contributed by atoms with Crippen LogP contribution in [-0.2, 0) is 23.8 Å². The molecular formula is C53H77N3O12. The molecule has 1 saturated heterocycles. The maximum atomic E-state index is 14.7. The fourth-order valence-corrected chi connectivity index (χ4v) is 9.77. The molecule has 6 rings (SSSR count). The number of aliphatic hydroxyl groups is 2. The maximum Gasteiger partial charge on any atom is 0.312 e. The third-order valence-corrected chi connectivity index (χ3v) is 14.2. The average molecular weight is 948 g/mol. The van der Waals surface area contributed by atoms with Crippen molar-refractivity contribution < 1.29 is 58.9 Å². The number of fused-ring (bicyclic) bond motifs is 14. The largest absolute Gasteiger partial charge is 0.507 e. The molecule has 0 aliphatic carbocycles. The molecule has 68 heavy (non-hydrogen) atoms. The number of nitrogens with zero attached hydrogens (tertiary/aromatic N) is 2. The minimum atomic E-state index is -2.05. The summed E-state index contributed by atoms with van der Waals surface area (Å²) in [6.45, 7) is 14.0. The summed E-state index contributed by atoms with van der Waals surface area (Å²) in [5, 5.41) is 68.4. The zero-order valence-electron chi connectivity index (χ0n) is 41.7. The lowest BCUT2D eigenvalue weighted by Gasteiger charge is -2.38. The van der Waals surface area contributed by atoms with Crippen LogP contribution in [0.25, 0.3) is 10.8 Å². The second-order valence-corrected chi connectivity index (χ2v) is 19.4. The standard InChI is InChI=1S/C53H77N3O12/c1-31-24-23-25-32(2)52(64)55-43-38(30-54-56-27-21-19-17-15-13-11-10-12-14-16-18-20-22-28-56)47(61)40-41(48(43)62)46(60)36(6)50-42(40)51(63)53(8,68-50)66-29-26-39(65-9)33(3)49(67-37(7)57)35(5)45(59)34(4)44(31)58/h23-26,29-31,33-35,39,44-45,49,58-62H,10-22,27-28H2,1-9H3,(H,55,64)/b24-23-,29-26-,32-25+,54-30+/t31-,33+,34+,35+,39-,44-,45+,49+,53-/m0/s1. The van der Waals surface area contributed by atoms with E-state index >= 15 is 0 Å². The van der Waals surface area contributed by atoms with Gasteiger partial charge in [0.2, 0.25) is 0 Å². The topological polar surface area (TPSA) is 217 Å². The number of aliphatic hydroxyl groups excluding tert-OH is 2. The second-order valence-electron chi connectivity index (χ2n) is 19.4. The van der Waals surface area contributed by atoms with Crippen molar-refractivity contribution in [2.75, 3.05) is 25.5 Å². The number of rotatable bonds is 4. The lowest BCUT2D eigenvalue weighted by atomic mass is 9.78. The van der Waals surface area contributed by atoms with Gasteiger partial charge in [-0.05, 0) is 32.8 Å². The molecule has 15 nitrogen and oxygen atoms in total. The highest BCUT2D eigenvalue weighted by molar-refractivity contribution is 6.23. The van der Waals surface area contributed by atoms with Gasteiger partial charge in [0.05, 0.1) is 53.0 Å². The number of nitrogens with one attached hydrogen (secondary N) is 1. The lowest BCUT2D eigenvalue weighted by Crippen LogP contribution is -2.46. The summed E-state index contributed by atoms with van der Waals surface area (Å²) in [6, 6.07) is 0. The Labute approximate surface area is 402 Å². The molecule has 6 N–H and O–H groups in total. The Morgan fingerprint density at radius 3 is 1.94 bits per heavy atom. The van der Waals surface area contributed by atoms with Crippen LogP contribution in [0.1, 0.15) is 153 Å². The molecule has 4 aliphatic rings. The molecule has 0 spiro atoms. The van der Waals surface area contributed by atoms with Gasteiger partial charge in [-0.1, -0.05) is 117 Å². The van der Waals surface area contributed by atoms with Crippen molar-refractivity contribution in [2.45, 2.75) is 169 Å². The maximum absolute atomic E-state index is 14.7. The molecule has 2 aromatic rings. The number of Topliss-reactive ketones (excluding diaryl/α,β-unsaturated/α-hetero) is 1. The van der Waals surface area contributed by atoms with E-state index in [4.69, 9.17) is 24.0 Å². The van der Waals surface area contributed by atoms with Crippen molar-refractivity contribution >= 4 is 40.3 Å². The van der Waals surface area contributed by atoms with Gasteiger partial charge in [0.15, 0.2) is 5.75 Å². The van der Waals surface area contributed by atoms with E-state index in [1.165, 1.54) is 97.5 Å². The predicted octanol–water partition coefficient (Wildman–Crippen LogP) is 9.47. The number of ketones is 1. The molecule has 9 atom stereocenters. The Balaban J connectivity index is 1.66. The smallest absolute Gasteiger partial charge is 0.312 e. The summed E-state index contributed by atoms with van der Waals surface area (Å²) in [4.78, 5) is 41.1. The summed E-state index contributed by atoms with van der Waals surface area (Å²) >= 11 is 0. The molecule has 0 aromatic heterocycles. The van der Waals surface area contributed by atoms with Crippen LogP contribution < -0.4 is 10.1 Å². The molecule has 5 bridgehead atoms. The molecule has 376 valence electrons. The van der Waals surface area contributed by atoms with Gasteiger partial charge in [0.1, 0.15) is 23.4 Å². The summed E-state index contributed by atoms with van der Waals surface area (Å²) in [6.07, 6.45) is 19.9. The Kier molecular flexibility index (Phi) is 19.3. The third kappa shape index (κ3) is 12.6. The number of phenolic OH excluding ortho intramolecular Hbond substituents is 3. The van der Waals surface area contributed by atoms with Gasteiger partial charge in [-0.3, -0.25) is 19.4 Å². The van der Waals surface area contributed by atoms with E-state index in [1.54, 1.807) is 46.8 Å². The summed E-state index contributed by atoms with van der Waals surface area (Å²) in [5.74, 6) is -8.23. The monoisotopic (exact) mass is 948 g/mol. The molecule has 15 heteroatoms. The number of hydrogen-bond acceptors (Lipinski definition) is 14. The highest BCUT2D eigenvalue weighted by Crippen LogP contribution is 2.55. The Bertz CT molecular complexity index is 2200. The number of hydrazone groups is 1. The van der Waals surface area contributed by atoms with E-state index in [2.05, 4.69) is 5.32 Å². The van der Waals surface area contributed by atoms with Crippen LogP contribution in [0.3, 0.4) is 0 Å². The fraction of sp³-hybridized carbons (Fsp3) is 0.623. The molecular weight excluding hydrogens is 871 g/mol. The highest BCUT2D eigenvalue weighted by atomic mass is 16.7. The Morgan fingerprint density at radius 2 is 1.38 bits per heavy atom. The zero-order chi connectivity index (χ0) is 49.9. The van der Waals surface area contributed by atoms with Crippen molar-refractivity contribution in [3.05, 3.63) is 52.8 Å². The molecule has 2 aromatic carbocycles. The van der Waals surface area contributed by atoms with E-state index in [9.17, 15) is 39.9 Å². The van der Waals surface area contributed by atoms with Gasteiger partial charge in [-0.25, -0.2) is 0 Å². The van der Waals surface area contributed by atoms with Gasteiger partial charge >= 0.3 is 11.8 Å². The first-order valence-electron chi connectivity index (χ1n) is 24.7. The van der Waals surface area contributed by atoms with E-state index in [-0.39, 0.29) is 44.5 Å². The van der Waals surface area contributed by atoms with Crippen LogP contribution in [-0.4, -0.2) is 105 Å². The number of aromatic hydroxyl groups is 3. The van der Waals surface area contributed by atoms with Gasteiger partial charge in [-0.15, -0.1) is 0 Å². The molecule has 1 amide bonds. The van der Waals surface area contributed by atoms with Crippen LogP contribution >= 0.6 is 0 Å². The van der Waals surface area contributed by atoms with Crippen molar-refractivity contribution in [1.29, 1.82) is 0 Å². The fourth-order valence-electron chi connectivity index (χ4n) is 9.77. The average Bonchev–Trinajstić information content (AvgIpc) is 3.57. The van der Waals surface area contributed by atoms with Crippen molar-refractivity contribution in [3.63, 3.8) is 0 Å². The molecule has 1 fully saturated rings. The number of amides is 1. The second kappa shape index (κ2) is 24.4. The first-order chi connectivity index (χ1) is 32.3. The summed E-state index contributed by atoms with van der Waals surface area (Å²) in [5.41, 5.74) is -0.238. The van der Waals surface area contributed by atoms with E-state index in [0.717, 1.165) is 38.5 Å². The minimum Gasteiger partial charge on any atom is -0.507 e. The quantitative estimate of drug-likeness (QED) is 0.0730. The zero-order valence-corrected chi connectivity index (χ0v) is 41.7. The number of carbonyl (C=O) groups excluding carboxylic acids is 3. The van der Waals surface area contributed by atoms with Gasteiger partial charge in [0, 0.05) is 74.2 Å². The molecule has 0 unspecified atom stereocenters. The Hall–Kier alpha value is -5.12. The lowest BCUT2D eigenvalue weighted by molar-refractivity contribution is -0.160. The van der Waals surface area contributed by atoms with Gasteiger partial charge in [-0.2, -0.15) is 5.10 Å². The first-order valence-corrected chi connectivity index (χ1v) is 24.7. The number of allylic oxidation sites excluding steroid dienone is 2. The normalized spacial score (nSPS) is 30.9. The van der Waals surface area contributed by atoms with Crippen LogP contribution in [0.5, 0.6) is 23.0 Å². The predicted molar refractivity (Wildman–Crippen MR) is 263 cm³/mol. The minimum absolute atomic E-state index is 0.0696. The molecule has 0 saturated carbocycles. The number of anilines is 1. The van der Waals surface area contributed by atoms with E-state index in [0.29, 0.717) is 13.1 Å². The van der Waals surface area contributed by atoms with Crippen LogP contribution in [0.2, 0.25) is 0 Å². The summed E-state index contributed by atoms with van der Waals surface area (Å²) < 4.78 is 23.9. The Morgan fingerprint density at radius 1 is 0.809 bits per heavy atom. The van der Waals surface area contributed by atoms with Gasteiger partial charge in [0.25, 0.3) is 11.7 Å². The summed E-state index contributed by atoms with van der Waals surface area (Å²) in [7, 11) is 1.45. The number of ether oxygens (including phenoxy) is 4. The number of methoxy groups -OCH3 is 1. The van der Waals surface area contributed by atoms with Crippen LogP contribution in [0.15, 0.2) is 41.2 Å². The van der Waals surface area contributed by atoms with Crippen LogP contribution in [0.4, 0.5) is 5.69 Å². The molecule has 0 radical (unpaired) electrons. The number of phenols is 3. The van der Waals surface area contributed by atoms with Crippen molar-refractivity contribution in [1.82, 2.24) is 5.01 Å². The van der Waals surface area contributed by atoms with E-state index in [1.807, 2.05) is 5.01 Å². The van der Waals surface area contributed by atoms with Crippen LogP contribution in [0, 0.1) is 30.6 Å². The van der Waals surface area contributed by atoms with Crippen molar-refractivity contribution in [3.8, 4) is 23.0 Å². The highest BCUT2D eigenvalue weighted by Gasteiger charge is 2.50. The number of esters is 1. The molecule has 4 aliphatic heterocycles. The molecule has 4 heterocycles. The van der Waals surface area contributed by atoms with Gasteiger partial charge < -0.3 is 49.8 Å². The number of benzene rings is 2. The first kappa shape index (κ1) is 53.8. The SMILES string of the molecule is CO[C@H]1/C=C\O[C@@]2(C)Oc3c(C)c(O)c4c(O)c(c(/C=N/N5CCCCCCCCCCCCCCC5)c(O)c4c3C2=O)NC(=O)/C(C)=C/C=C\[C@H](C)[C@H](O)[C@@H](C)[C@@H](O)[C@@H](C)[C@H](OC(C)=O)[C@@H]1C. The van der Waals surface area contributed by atoms with Crippen molar-refractivity contribution in [2.24, 2.45) is 28.8 Å². The van der Waals surface area contributed by atoms with E-state index < -0.39 is 88.8 Å². The number of carbonyl (C=O) groups is 3. The third-order valence-electron chi connectivity index (χ3n) is 14.2.